The minimum atomic E-state index is -1.11. The van der Waals surface area contributed by atoms with Gasteiger partial charge in [0.05, 0.1) is 0 Å². The first kappa shape index (κ1) is 41.4. The van der Waals surface area contributed by atoms with Crippen molar-refractivity contribution in [3.8, 4) is 0 Å². The standard InChI is InChI=1S/C40H85P/c1-5-9-13-17-20-23-26-30-34-38-41(37-33-29-16-12-8-4,39-35-31-27-24-21-18-14-10-6-2)40-36-32-28-25-22-19-15-11-7-3/h41H,5-40H2,1-4H3. The molecule has 0 fully saturated rings. The molecule has 0 nitrogen and oxygen atoms in total. The van der Waals surface area contributed by atoms with E-state index in [9.17, 15) is 0 Å². The SMILES string of the molecule is CCCCCCCCCCC[PH](CCCCCCC)(CCCCCCCCCCC)CCCCCCCCCCC. The molecule has 0 N–H and O–H groups in total. The van der Waals surface area contributed by atoms with Gasteiger partial charge in [-0.15, -0.1) is 0 Å². The Morgan fingerprint density at radius 2 is 0.341 bits per heavy atom. The molecular weight excluding hydrogens is 511 g/mol. The molecule has 0 saturated carbocycles. The van der Waals surface area contributed by atoms with E-state index in [0.29, 0.717) is 0 Å². The fraction of sp³-hybridized carbons (Fsp3) is 1.00. The zero-order valence-corrected chi connectivity index (χ0v) is 31.0. The normalized spacial score (nSPS) is 12.4. The van der Waals surface area contributed by atoms with Crippen LogP contribution in [0.25, 0.3) is 0 Å². The van der Waals surface area contributed by atoms with Gasteiger partial charge in [-0.3, -0.25) is 0 Å². The minimum absolute atomic E-state index is 1.11. The molecule has 0 aromatic rings. The molecule has 0 saturated heterocycles. The van der Waals surface area contributed by atoms with E-state index in [4.69, 9.17) is 0 Å². The molecule has 0 heterocycles. The molecule has 0 atom stereocenters. The first-order valence-electron chi connectivity index (χ1n) is 20.2. The zero-order chi connectivity index (χ0) is 30.0. The summed E-state index contributed by atoms with van der Waals surface area (Å²) in [4.78, 5) is 0. The van der Waals surface area contributed by atoms with Crippen molar-refractivity contribution in [1.29, 1.82) is 0 Å². The van der Waals surface area contributed by atoms with E-state index in [1.54, 1.807) is 50.3 Å². The molecule has 41 heavy (non-hydrogen) atoms. The van der Waals surface area contributed by atoms with E-state index < -0.39 is 7.26 Å². The van der Waals surface area contributed by atoms with Gasteiger partial charge in [-0.05, 0) is 0 Å². The molecule has 0 rings (SSSR count). The van der Waals surface area contributed by atoms with Crippen LogP contribution in [0.1, 0.15) is 233 Å². The van der Waals surface area contributed by atoms with Gasteiger partial charge < -0.3 is 0 Å². The van der Waals surface area contributed by atoms with Gasteiger partial charge in [-0.1, -0.05) is 0 Å². The molecule has 0 aliphatic heterocycles. The van der Waals surface area contributed by atoms with Gasteiger partial charge in [-0.25, -0.2) is 0 Å². The number of unbranched alkanes of at least 4 members (excludes halogenated alkanes) is 28. The average Bonchev–Trinajstić information content (AvgIpc) is 2.98. The Balaban J connectivity index is 4.73. The molecule has 0 aliphatic rings. The van der Waals surface area contributed by atoms with Crippen LogP contribution in [0.15, 0.2) is 0 Å². The maximum atomic E-state index is 2.37. The van der Waals surface area contributed by atoms with Crippen molar-refractivity contribution < 1.29 is 0 Å². The molecule has 250 valence electrons. The Bertz CT molecular complexity index is 403. The van der Waals surface area contributed by atoms with E-state index in [0.717, 1.165) is 0 Å². The Kier molecular flexibility index (Phi) is 35.3. The van der Waals surface area contributed by atoms with E-state index >= 15 is 0 Å². The predicted molar refractivity (Wildman–Crippen MR) is 198 cm³/mol. The molecule has 0 radical (unpaired) electrons. The van der Waals surface area contributed by atoms with Crippen LogP contribution < -0.4 is 0 Å². The fourth-order valence-corrected chi connectivity index (χ4v) is 12.8. The third-order valence-electron chi connectivity index (χ3n) is 10.2. The van der Waals surface area contributed by atoms with Crippen molar-refractivity contribution in [3.63, 3.8) is 0 Å². The molecule has 0 aliphatic carbocycles. The summed E-state index contributed by atoms with van der Waals surface area (Å²) in [6.45, 7) is 9.38. The summed E-state index contributed by atoms with van der Waals surface area (Å²) in [6, 6.07) is 0. The number of hydrogen-bond acceptors (Lipinski definition) is 0. The molecular formula is C40H85P. The number of hydrogen-bond donors (Lipinski definition) is 0. The summed E-state index contributed by atoms with van der Waals surface area (Å²) in [5.41, 5.74) is 0. The second kappa shape index (κ2) is 34.9. The summed E-state index contributed by atoms with van der Waals surface area (Å²) in [6.07, 6.45) is 54.4. The van der Waals surface area contributed by atoms with Crippen LogP contribution in [0.5, 0.6) is 0 Å². The Morgan fingerprint density at radius 1 is 0.195 bits per heavy atom. The Hall–Kier alpha value is 0.430. The molecule has 0 bridgehead atoms. The van der Waals surface area contributed by atoms with Crippen molar-refractivity contribution in [3.05, 3.63) is 0 Å². The maximum absolute atomic E-state index is 2.37. The fourth-order valence-electron chi connectivity index (χ4n) is 7.29. The molecule has 0 spiro atoms. The van der Waals surface area contributed by atoms with Gasteiger partial charge in [0, 0.05) is 0 Å². The molecule has 1 heteroatoms. The van der Waals surface area contributed by atoms with Crippen LogP contribution in [0.2, 0.25) is 0 Å². The van der Waals surface area contributed by atoms with Crippen LogP contribution in [-0.2, 0) is 0 Å². The van der Waals surface area contributed by atoms with Gasteiger partial charge >= 0.3 is 265 Å². The van der Waals surface area contributed by atoms with Gasteiger partial charge in [0.15, 0.2) is 0 Å². The third-order valence-corrected chi connectivity index (χ3v) is 15.9. The quantitative estimate of drug-likeness (QED) is 0.0498. The Labute approximate surface area is 264 Å². The second-order valence-corrected chi connectivity index (χ2v) is 19.4. The van der Waals surface area contributed by atoms with E-state index in [1.807, 2.05) is 0 Å². The van der Waals surface area contributed by atoms with Crippen molar-refractivity contribution in [2.45, 2.75) is 233 Å². The van der Waals surface area contributed by atoms with Crippen LogP contribution in [-0.4, -0.2) is 24.6 Å². The van der Waals surface area contributed by atoms with Crippen LogP contribution in [0, 0.1) is 0 Å². The van der Waals surface area contributed by atoms with Gasteiger partial charge in [0.25, 0.3) is 0 Å². The first-order chi connectivity index (χ1) is 20.2. The topological polar surface area (TPSA) is 0 Å². The van der Waals surface area contributed by atoms with E-state index in [2.05, 4.69) is 27.7 Å². The van der Waals surface area contributed by atoms with Crippen molar-refractivity contribution in [2.24, 2.45) is 0 Å². The van der Waals surface area contributed by atoms with Crippen molar-refractivity contribution in [1.82, 2.24) is 0 Å². The third kappa shape index (κ3) is 30.2. The van der Waals surface area contributed by atoms with Crippen molar-refractivity contribution in [2.75, 3.05) is 24.6 Å². The summed E-state index contributed by atoms with van der Waals surface area (Å²) < 4.78 is 0. The Morgan fingerprint density at radius 3 is 0.512 bits per heavy atom. The van der Waals surface area contributed by atoms with Crippen LogP contribution in [0.3, 0.4) is 0 Å². The van der Waals surface area contributed by atoms with Crippen LogP contribution >= 0.6 is 7.26 Å². The summed E-state index contributed by atoms with van der Waals surface area (Å²) in [7, 11) is -1.11. The first-order valence-corrected chi connectivity index (χ1v) is 23.1. The van der Waals surface area contributed by atoms with Gasteiger partial charge in [-0.2, -0.15) is 0 Å². The summed E-state index contributed by atoms with van der Waals surface area (Å²) in [5.74, 6) is 0. The van der Waals surface area contributed by atoms with Gasteiger partial charge in [0.1, 0.15) is 0 Å². The van der Waals surface area contributed by atoms with Crippen molar-refractivity contribution >= 4 is 7.26 Å². The summed E-state index contributed by atoms with van der Waals surface area (Å²) in [5, 5.41) is 0. The number of rotatable bonds is 36. The molecule has 0 aromatic carbocycles. The molecule has 0 amide bonds. The summed E-state index contributed by atoms with van der Waals surface area (Å²) >= 11 is 0. The molecule has 0 unspecified atom stereocenters. The van der Waals surface area contributed by atoms with E-state index in [-0.39, 0.29) is 0 Å². The second-order valence-electron chi connectivity index (χ2n) is 14.4. The zero-order valence-electron chi connectivity index (χ0n) is 30.0. The average molecular weight is 597 g/mol. The molecule has 0 aromatic heterocycles. The van der Waals surface area contributed by atoms with Gasteiger partial charge in [0.2, 0.25) is 0 Å². The van der Waals surface area contributed by atoms with E-state index in [1.165, 1.54) is 180 Å². The van der Waals surface area contributed by atoms with Crippen LogP contribution in [0.4, 0.5) is 0 Å². The monoisotopic (exact) mass is 597 g/mol. The predicted octanol–water partition coefficient (Wildman–Crippen LogP) is 15.3.